The molecule has 8 nitrogen and oxygen atoms in total. The predicted molar refractivity (Wildman–Crippen MR) is 107 cm³/mol. The molecule has 1 aliphatic carbocycles. The maximum absolute atomic E-state index is 13.4. The molecule has 1 saturated carbocycles. The molecule has 33 heavy (non-hydrogen) atoms. The summed E-state index contributed by atoms with van der Waals surface area (Å²) in [7, 11) is 0. The van der Waals surface area contributed by atoms with E-state index in [2.05, 4.69) is 26.8 Å². The van der Waals surface area contributed by atoms with E-state index in [1.807, 2.05) is 0 Å². The van der Waals surface area contributed by atoms with Gasteiger partial charge in [-0.05, 0) is 18.6 Å². The van der Waals surface area contributed by atoms with Crippen molar-refractivity contribution in [2.75, 3.05) is 13.2 Å². The summed E-state index contributed by atoms with van der Waals surface area (Å²) in [5.74, 6) is -0.490. The summed E-state index contributed by atoms with van der Waals surface area (Å²) in [6.07, 6.45) is -5.57. The SMILES string of the molecule is C=C(CCNC(=O)CO[C@H]1C[C@@H](OC(F)(F)F)C1)c1nnc(COc2ccc(Cl)c(F)c2)o1. The number of alkyl halides is 3. The van der Waals surface area contributed by atoms with E-state index in [9.17, 15) is 22.4 Å². The van der Waals surface area contributed by atoms with Crippen LogP contribution in [0, 0.1) is 5.82 Å². The maximum atomic E-state index is 13.4. The number of nitrogens with zero attached hydrogens (tertiary/aromatic N) is 2. The minimum atomic E-state index is -4.67. The lowest BCUT2D eigenvalue weighted by molar-refractivity contribution is -0.357. The van der Waals surface area contributed by atoms with Gasteiger partial charge in [0.05, 0.1) is 17.2 Å². The van der Waals surface area contributed by atoms with E-state index in [1.54, 1.807) is 0 Å². The number of benzene rings is 1. The number of ether oxygens (including phenoxy) is 3. The zero-order valence-electron chi connectivity index (χ0n) is 17.2. The zero-order valence-corrected chi connectivity index (χ0v) is 17.9. The Balaban J connectivity index is 1.30. The van der Waals surface area contributed by atoms with Gasteiger partial charge in [0.2, 0.25) is 11.8 Å². The second-order valence-corrected chi connectivity index (χ2v) is 7.57. The minimum absolute atomic E-state index is 0.0235. The van der Waals surface area contributed by atoms with Crippen LogP contribution in [0.1, 0.15) is 31.0 Å². The topological polar surface area (TPSA) is 95.7 Å². The molecular formula is C20H20ClF4N3O5. The highest BCUT2D eigenvalue weighted by atomic mass is 35.5. The van der Waals surface area contributed by atoms with Crippen LogP contribution in [0.3, 0.4) is 0 Å². The second-order valence-electron chi connectivity index (χ2n) is 7.16. The fourth-order valence-electron chi connectivity index (χ4n) is 2.81. The lowest BCUT2D eigenvalue weighted by Gasteiger charge is -2.34. The van der Waals surface area contributed by atoms with E-state index in [4.69, 9.17) is 25.5 Å². The number of hydrogen-bond acceptors (Lipinski definition) is 7. The second kappa shape index (κ2) is 10.9. The van der Waals surface area contributed by atoms with Crippen molar-refractivity contribution in [3.63, 3.8) is 0 Å². The fraction of sp³-hybridized carbons (Fsp3) is 0.450. The van der Waals surface area contributed by atoms with Crippen molar-refractivity contribution < 1.29 is 41.0 Å². The largest absolute Gasteiger partial charge is 0.522 e. The molecule has 180 valence electrons. The third-order valence-electron chi connectivity index (χ3n) is 4.57. The van der Waals surface area contributed by atoms with E-state index in [0.29, 0.717) is 12.0 Å². The molecule has 3 rings (SSSR count). The van der Waals surface area contributed by atoms with Gasteiger partial charge < -0.3 is 19.2 Å². The first-order valence-corrected chi connectivity index (χ1v) is 10.2. The number of carbonyl (C=O) groups is 1. The highest BCUT2D eigenvalue weighted by Gasteiger charge is 2.40. The van der Waals surface area contributed by atoms with E-state index in [1.165, 1.54) is 12.1 Å². The smallest absolute Gasteiger partial charge is 0.484 e. The number of halogens is 5. The molecule has 2 aromatic rings. The van der Waals surface area contributed by atoms with Crippen LogP contribution in [0.5, 0.6) is 5.75 Å². The van der Waals surface area contributed by atoms with Gasteiger partial charge >= 0.3 is 6.36 Å². The molecule has 1 amide bonds. The molecule has 0 aliphatic heterocycles. The first kappa shape index (κ1) is 24.9. The summed E-state index contributed by atoms with van der Waals surface area (Å²) in [4.78, 5) is 11.8. The Morgan fingerprint density at radius 1 is 1.27 bits per heavy atom. The molecule has 0 radical (unpaired) electrons. The van der Waals surface area contributed by atoms with Crippen LogP contribution >= 0.6 is 11.6 Å². The van der Waals surface area contributed by atoms with Gasteiger partial charge in [-0.2, -0.15) is 0 Å². The third kappa shape index (κ3) is 7.98. The Hall–Kier alpha value is -2.70. The van der Waals surface area contributed by atoms with Crippen LogP contribution in [0.25, 0.3) is 5.57 Å². The number of aromatic nitrogens is 2. The van der Waals surface area contributed by atoms with Crippen LogP contribution < -0.4 is 10.1 Å². The molecule has 0 saturated heterocycles. The van der Waals surface area contributed by atoms with Gasteiger partial charge in [-0.1, -0.05) is 18.2 Å². The highest BCUT2D eigenvalue weighted by Crippen LogP contribution is 2.32. The van der Waals surface area contributed by atoms with Gasteiger partial charge in [0.25, 0.3) is 5.89 Å². The molecule has 0 bridgehead atoms. The van der Waals surface area contributed by atoms with Crippen molar-refractivity contribution in [2.45, 2.75) is 44.4 Å². The Bertz CT molecular complexity index is 979. The van der Waals surface area contributed by atoms with E-state index in [-0.39, 0.29) is 55.2 Å². The van der Waals surface area contributed by atoms with Crippen molar-refractivity contribution in [2.24, 2.45) is 0 Å². The van der Waals surface area contributed by atoms with Gasteiger partial charge in [0.1, 0.15) is 18.2 Å². The minimum Gasteiger partial charge on any atom is -0.484 e. The zero-order chi connectivity index (χ0) is 24.0. The van der Waals surface area contributed by atoms with Crippen molar-refractivity contribution in [3.8, 4) is 5.75 Å². The van der Waals surface area contributed by atoms with Crippen molar-refractivity contribution in [1.29, 1.82) is 0 Å². The molecule has 0 spiro atoms. The van der Waals surface area contributed by atoms with Crippen molar-refractivity contribution in [1.82, 2.24) is 15.5 Å². The fourth-order valence-corrected chi connectivity index (χ4v) is 2.93. The maximum Gasteiger partial charge on any atom is 0.522 e. The van der Waals surface area contributed by atoms with Crippen LogP contribution in [-0.4, -0.2) is 47.8 Å². The molecule has 1 N–H and O–H groups in total. The van der Waals surface area contributed by atoms with Crippen LogP contribution in [0.2, 0.25) is 5.02 Å². The third-order valence-corrected chi connectivity index (χ3v) is 4.88. The Labute approximate surface area is 190 Å². The average Bonchev–Trinajstić information content (AvgIpc) is 3.19. The van der Waals surface area contributed by atoms with E-state index >= 15 is 0 Å². The Morgan fingerprint density at radius 3 is 2.73 bits per heavy atom. The van der Waals surface area contributed by atoms with Crippen molar-refractivity contribution in [3.05, 3.63) is 47.4 Å². The number of rotatable bonds is 11. The number of carbonyl (C=O) groups excluding carboxylic acids is 1. The number of hydrogen-bond donors (Lipinski definition) is 1. The number of amides is 1. The highest BCUT2D eigenvalue weighted by molar-refractivity contribution is 6.30. The van der Waals surface area contributed by atoms with Gasteiger partial charge in [-0.3, -0.25) is 9.53 Å². The summed E-state index contributed by atoms with van der Waals surface area (Å²) in [6, 6.07) is 3.98. The van der Waals surface area contributed by atoms with Crippen LogP contribution in [-0.2, 0) is 20.9 Å². The summed E-state index contributed by atoms with van der Waals surface area (Å²) < 4.78 is 69.5. The normalized spacial score (nSPS) is 18.0. The molecule has 13 heteroatoms. The van der Waals surface area contributed by atoms with Gasteiger partial charge in [-0.15, -0.1) is 23.4 Å². The van der Waals surface area contributed by atoms with Crippen LogP contribution in [0.4, 0.5) is 17.6 Å². The quantitative estimate of drug-likeness (QED) is 0.472. The lowest BCUT2D eigenvalue weighted by Crippen LogP contribution is -2.42. The van der Waals surface area contributed by atoms with Gasteiger partial charge in [0, 0.05) is 31.0 Å². The monoisotopic (exact) mass is 493 g/mol. The first-order valence-electron chi connectivity index (χ1n) is 9.80. The predicted octanol–water partition coefficient (Wildman–Crippen LogP) is 4.04. The molecule has 1 aliphatic rings. The van der Waals surface area contributed by atoms with Crippen molar-refractivity contribution >= 4 is 23.1 Å². The van der Waals surface area contributed by atoms with Gasteiger partial charge in [0.15, 0.2) is 6.61 Å². The number of nitrogens with one attached hydrogen (secondary N) is 1. The molecule has 1 heterocycles. The Kier molecular flexibility index (Phi) is 8.27. The molecular weight excluding hydrogens is 474 g/mol. The van der Waals surface area contributed by atoms with E-state index in [0.717, 1.165) is 6.07 Å². The van der Waals surface area contributed by atoms with Crippen LogP contribution in [0.15, 0.2) is 29.2 Å². The average molecular weight is 494 g/mol. The van der Waals surface area contributed by atoms with Gasteiger partial charge in [-0.25, -0.2) is 4.39 Å². The summed E-state index contributed by atoms with van der Waals surface area (Å²) in [6.45, 7) is 3.66. The molecule has 1 fully saturated rings. The standard InChI is InChI=1S/C20H20ClF4N3O5/c1-11(4-5-26-17(29)9-30-13-6-14(7-13)33-20(23,24)25)19-28-27-18(32-19)10-31-12-2-3-15(21)16(22)8-12/h2-3,8,13-14H,1,4-7,9-10H2,(H,26,29)/t13-,14+. The molecule has 1 aromatic carbocycles. The van der Waals surface area contributed by atoms with E-state index < -0.39 is 30.3 Å². The Morgan fingerprint density at radius 2 is 2.03 bits per heavy atom. The molecule has 0 unspecified atom stereocenters. The molecule has 0 atom stereocenters. The summed E-state index contributed by atoms with van der Waals surface area (Å²) >= 11 is 5.61. The first-order chi connectivity index (χ1) is 15.6. The molecule has 1 aromatic heterocycles. The summed E-state index contributed by atoms with van der Waals surface area (Å²) in [5.41, 5.74) is 0.471. The summed E-state index contributed by atoms with van der Waals surface area (Å²) in [5, 5.41) is 10.2. The lowest BCUT2D eigenvalue weighted by atomic mass is 9.92.